The number of nitrogens with zero attached hydrogens (tertiary/aromatic N) is 1. The Balaban J connectivity index is 2.34. The number of anilines is 1. The first-order chi connectivity index (χ1) is 8.22. The number of nitrogens with two attached hydrogens (primary N) is 1. The number of hydrogen-bond acceptors (Lipinski definition) is 3. The standard InChI is InChI=1S/C14H14N2O/c1-10(13-4-3-9-16-14(13)15)11-5-7-12(17-2)8-6-11/h3-9H,1H2,2H3,(H2,15,16). The van der Waals surface area contributed by atoms with Crippen molar-refractivity contribution in [2.45, 2.75) is 0 Å². The molecule has 0 radical (unpaired) electrons. The number of pyridine rings is 1. The molecule has 0 bridgehead atoms. The second kappa shape index (κ2) is 4.70. The minimum atomic E-state index is 0.494. The van der Waals surface area contributed by atoms with Crippen molar-refractivity contribution in [3.05, 3.63) is 60.3 Å². The van der Waals surface area contributed by atoms with Crippen molar-refractivity contribution in [1.82, 2.24) is 4.98 Å². The van der Waals surface area contributed by atoms with Crippen LogP contribution in [0.4, 0.5) is 5.82 Å². The lowest BCUT2D eigenvalue weighted by Gasteiger charge is -2.09. The van der Waals surface area contributed by atoms with E-state index in [-0.39, 0.29) is 0 Å². The zero-order chi connectivity index (χ0) is 12.3. The van der Waals surface area contributed by atoms with Crippen LogP contribution in [0.3, 0.4) is 0 Å². The van der Waals surface area contributed by atoms with Crippen LogP contribution >= 0.6 is 0 Å². The molecule has 3 heteroatoms. The molecule has 0 amide bonds. The van der Waals surface area contributed by atoms with E-state index in [1.807, 2.05) is 36.4 Å². The molecule has 3 nitrogen and oxygen atoms in total. The van der Waals surface area contributed by atoms with E-state index < -0.39 is 0 Å². The highest BCUT2D eigenvalue weighted by atomic mass is 16.5. The maximum absolute atomic E-state index is 5.82. The Morgan fingerprint density at radius 1 is 1.24 bits per heavy atom. The summed E-state index contributed by atoms with van der Waals surface area (Å²) in [4.78, 5) is 4.05. The summed E-state index contributed by atoms with van der Waals surface area (Å²) in [6.07, 6.45) is 1.67. The highest BCUT2D eigenvalue weighted by molar-refractivity contribution is 5.82. The van der Waals surface area contributed by atoms with Crippen LogP contribution < -0.4 is 10.5 Å². The third kappa shape index (κ3) is 2.28. The molecule has 2 aromatic rings. The number of rotatable bonds is 3. The topological polar surface area (TPSA) is 48.1 Å². The second-order valence-corrected chi connectivity index (χ2v) is 3.64. The van der Waals surface area contributed by atoms with Gasteiger partial charge in [0.2, 0.25) is 0 Å². The summed E-state index contributed by atoms with van der Waals surface area (Å²) in [6, 6.07) is 11.5. The zero-order valence-electron chi connectivity index (χ0n) is 9.68. The van der Waals surface area contributed by atoms with Gasteiger partial charge in [-0.3, -0.25) is 0 Å². The van der Waals surface area contributed by atoms with Crippen LogP contribution in [0, 0.1) is 0 Å². The lowest BCUT2D eigenvalue weighted by molar-refractivity contribution is 0.415. The van der Waals surface area contributed by atoms with E-state index in [4.69, 9.17) is 10.5 Å². The van der Waals surface area contributed by atoms with E-state index in [1.165, 1.54) is 0 Å². The summed E-state index contributed by atoms with van der Waals surface area (Å²) in [7, 11) is 1.64. The first-order valence-corrected chi connectivity index (χ1v) is 5.26. The van der Waals surface area contributed by atoms with Gasteiger partial charge in [0, 0.05) is 11.8 Å². The molecule has 1 aromatic carbocycles. The molecular formula is C14H14N2O. The number of aromatic nitrogens is 1. The second-order valence-electron chi connectivity index (χ2n) is 3.64. The fraction of sp³-hybridized carbons (Fsp3) is 0.0714. The van der Waals surface area contributed by atoms with Gasteiger partial charge < -0.3 is 10.5 Å². The summed E-state index contributed by atoms with van der Waals surface area (Å²) >= 11 is 0. The van der Waals surface area contributed by atoms with Gasteiger partial charge in [0.15, 0.2) is 0 Å². The fourth-order valence-corrected chi connectivity index (χ4v) is 1.62. The van der Waals surface area contributed by atoms with Crippen molar-refractivity contribution >= 4 is 11.4 Å². The molecule has 1 aromatic heterocycles. The number of ether oxygens (including phenoxy) is 1. The molecule has 2 rings (SSSR count). The number of methoxy groups -OCH3 is 1. The minimum Gasteiger partial charge on any atom is -0.497 e. The third-order valence-corrected chi connectivity index (χ3v) is 2.60. The van der Waals surface area contributed by atoms with E-state index in [2.05, 4.69) is 11.6 Å². The van der Waals surface area contributed by atoms with E-state index in [9.17, 15) is 0 Å². The Morgan fingerprint density at radius 3 is 2.53 bits per heavy atom. The SMILES string of the molecule is C=C(c1ccc(OC)cc1)c1cccnc1N. The lowest BCUT2D eigenvalue weighted by atomic mass is 10.0. The number of benzene rings is 1. The zero-order valence-corrected chi connectivity index (χ0v) is 9.68. The number of hydrogen-bond donors (Lipinski definition) is 1. The largest absolute Gasteiger partial charge is 0.497 e. The molecule has 0 spiro atoms. The normalized spacial score (nSPS) is 9.94. The van der Waals surface area contributed by atoms with Gasteiger partial charge in [0.05, 0.1) is 7.11 Å². The predicted octanol–water partition coefficient (Wildman–Crippen LogP) is 2.73. The average molecular weight is 226 g/mol. The van der Waals surface area contributed by atoms with Crippen LogP contribution in [-0.2, 0) is 0 Å². The molecule has 0 aliphatic carbocycles. The van der Waals surface area contributed by atoms with Crippen LogP contribution in [0.15, 0.2) is 49.2 Å². The van der Waals surface area contributed by atoms with Gasteiger partial charge in [-0.25, -0.2) is 4.98 Å². The quantitative estimate of drug-likeness (QED) is 0.875. The molecule has 0 saturated carbocycles. The first-order valence-electron chi connectivity index (χ1n) is 5.26. The molecule has 2 N–H and O–H groups in total. The van der Waals surface area contributed by atoms with Crippen molar-refractivity contribution < 1.29 is 4.74 Å². The van der Waals surface area contributed by atoms with Crippen molar-refractivity contribution in [3.63, 3.8) is 0 Å². The van der Waals surface area contributed by atoms with Crippen LogP contribution in [-0.4, -0.2) is 12.1 Å². The van der Waals surface area contributed by atoms with Crippen LogP contribution in [0.25, 0.3) is 5.57 Å². The van der Waals surface area contributed by atoms with Gasteiger partial charge >= 0.3 is 0 Å². The molecule has 0 aliphatic heterocycles. The minimum absolute atomic E-state index is 0.494. The Morgan fingerprint density at radius 2 is 1.94 bits per heavy atom. The molecule has 0 fully saturated rings. The number of nitrogen functional groups attached to an aromatic ring is 1. The Kier molecular flexibility index (Phi) is 3.10. The third-order valence-electron chi connectivity index (χ3n) is 2.60. The summed E-state index contributed by atoms with van der Waals surface area (Å²) in [5.41, 5.74) is 8.54. The molecule has 0 atom stereocenters. The van der Waals surface area contributed by atoms with Crippen LogP contribution in [0.2, 0.25) is 0 Å². The maximum atomic E-state index is 5.82. The monoisotopic (exact) mass is 226 g/mol. The Hall–Kier alpha value is -2.29. The van der Waals surface area contributed by atoms with E-state index >= 15 is 0 Å². The van der Waals surface area contributed by atoms with Crippen molar-refractivity contribution in [3.8, 4) is 5.75 Å². The van der Waals surface area contributed by atoms with Gasteiger partial charge in [-0.05, 0) is 35.4 Å². The van der Waals surface area contributed by atoms with Gasteiger partial charge in [-0.2, -0.15) is 0 Å². The average Bonchev–Trinajstić information content (AvgIpc) is 2.39. The summed E-state index contributed by atoms with van der Waals surface area (Å²) in [5, 5.41) is 0. The highest BCUT2D eigenvalue weighted by Gasteiger charge is 2.06. The molecule has 86 valence electrons. The smallest absolute Gasteiger partial charge is 0.131 e. The predicted molar refractivity (Wildman–Crippen MR) is 69.8 cm³/mol. The molecular weight excluding hydrogens is 212 g/mol. The van der Waals surface area contributed by atoms with E-state index in [0.717, 1.165) is 22.4 Å². The van der Waals surface area contributed by atoms with Crippen molar-refractivity contribution in [2.75, 3.05) is 12.8 Å². The summed E-state index contributed by atoms with van der Waals surface area (Å²) in [5.74, 6) is 1.31. The van der Waals surface area contributed by atoms with E-state index in [0.29, 0.717) is 5.82 Å². The Labute approximate surface area is 101 Å². The Bertz CT molecular complexity index is 532. The molecule has 1 heterocycles. The van der Waals surface area contributed by atoms with Crippen molar-refractivity contribution in [2.24, 2.45) is 0 Å². The van der Waals surface area contributed by atoms with Gasteiger partial charge in [-0.1, -0.05) is 18.7 Å². The summed E-state index contributed by atoms with van der Waals surface area (Å²) in [6.45, 7) is 4.05. The van der Waals surface area contributed by atoms with Crippen LogP contribution in [0.5, 0.6) is 5.75 Å². The molecule has 0 unspecified atom stereocenters. The molecule has 0 saturated heterocycles. The molecule has 0 aliphatic rings. The van der Waals surface area contributed by atoms with Gasteiger partial charge in [0.25, 0.3) is 0 Å². The first kappa shape index (κ1) is 11.2. The maximum Gasteiger partial charge on any atom is 0.131 e. The molecule has 17 heavy (non-hydrogen) atoms. The van der Waals surface area contributed by atoms with E-state index in [1.54, 1.807) is 13.3 Å². The van der Waals surface area contributed by atoms with Crippen molar-refractivity contribution in [1.29, 1.82) is 0 Å². The van der Waals surface area contributed by atoms with Crippen LogP contribution in [0.1, 0.15) is 11.1 Å². The highest BCUT2D eigenvalue weighted by Crippen LogP contribution is 2.26. The summed E-state index contributed by atoms with van der Waals surface area (Å²) < 4.78 is 5.11. The van der Waals surface area contributed by atoms with Gasteiger partial charge in [0.1, 0.15) is 11.6 Å². The lowest BCUT2D eigenvalue weighted by Crippen LogP contribution is -1.96. The fourth-order valence-electron chi connectivity index (χ4n) is 1.62. The van der Waals surface area contributed by atoms with Gasteiger partial charge in [-0.15, -0.1) is 0 Å².